The summed E-state index contributed by atoms with van der Waals surface area (Å²) in [6.07, 6.45) is 4.73. The van der Waals surface area contributed by atoms with Gasteiger partial charge in [-0.15, -0.1) is 0 Å². The van der Waals surface area contributed by atoms with Crippen molar-refractivity contribution < 1.29 is 4.74 Å². The van der Waals surface area contributed by atoms with Crippen molar-refractivity contribution >= 4 is 22.8 Å². The molecule has 9 nitrogen and oxygen atoms in total. The Morgan fingerprint density at radius 3 is 2.83 bits per heavy atom. The van der Waals surface area contributed by atoms with Crippen molar-refractivity contribution in [3.05, 3.63) is 35.5 Å². The number of hydrogen-bond donors (Lipinski definition) is 4. The van der Waals surface area contributed by atoms with Crippen molar-refractivity contribution in [3.63, 3.8) is 0 Å². The molecule has 2 aromatic heterocycles. The van der Waals surface area contributed by atoms with Crippen LogP contribution in [0.4, 0.5) is 11.8 Å². The van der Waals surface area contributed by atoms with Crippen molar-refractivity contribution in [3.8, 4) is 5.75 Å². The molecule has 0 amide bonds. The molecule has 2 heterocycles. The molecule has 156 valence electrons. The van der Waals surface area contributed by atoms with Crippen LogP contribution in [0.5, 0.6) is 5.75 Å². The van der Waals surface area contributed by atoms with Crippen molar-refractivity contribution in [1.29, 1.82) is 0 Å². The maximum absolute atomic E-state index is 6.18. The van der Waals surface area contributed by atoms with Crippen molar-refractivity contribution in [1.82, 2.24) is 19.7 Å². The molecule has 0 aliphatic heterocycles. The van der Waals surface area contributed by atoms with Gasteiger partial charge in [-0.1, -0.05) is 25.5 Å². The van der Waals surface area contributed by atoms with Gasteiger partial charge in [-0.2, -0.15) is 10.1 Å². The average molecular weight is 399 g/mol. The molecule has 7 N–H and O–H groups in total. The molecule has 0 unspecified atom stereocenters. The number of aromatic nitrogens is 4. The zero-order valence-electron chi connectivity index (χ0n) is 17.1. The highest BCUT2D eigenvalue weighted by Gasteiger charge is 2.14. The third-order valence-electron chi connectivity index (χ3n) is 4.80. The summed E-state index contributed by atoms with van der Waals surface area (Å²) in [5, 5.41) is 7.97. The Balaban J connectivity index is 1.87. The fourth-order valence-corrected chi connectivity index (χ4v) is 3.21. The highest BCUT2D eigenvalue weighted by Crippen LogP contribution is 2.26. The Morgan fingerprint density at radius 1 is 1.28 bits per heavy atom. The highest BCUT2D eigenvalue weighted by atomic mass is 16.5. The van der Waals surface area contributed by atoms with Crippen LogP contribution < -0.4 is 27.3 Å². The van der Waals surface area contributed by atoms with Crippen LogP contribution in [-0.2, 0) is 6.54 Å². The standard InChI is InChI=1S/C20H30N8O/c1-3-4-9-24-19-18-16(25-20(23)26-19)12-28(27-18)11-14-6-5-13(10-17(14)29-2)15(22)7-8-21/h5-6,10,12,15H,3-4,7-9,11,21-22H2,1-2H3,(H3,23,24,25,26)/t15-/m1/s1. The fraction of sp³-hybridized carbons (Fsp3) is 0.450. The molecule has 0 aliphatic rings. The molecule has 0 fully saturated rings. The normalized spacial score (nSPS) is 12.3. The lowest BCUT2D eigenvalue weighted by atomic mass is 10.0. The Bertz CT molecular complexity index is 955. The molecule has 1 aromatic carbocycles. The number of nitrogens with zero attached hydrogens (tertiary/aromatic N) is 4. The predicted molar refractivity (Wildman–Crippen MR) is 116 cm³/mol. The summed E-state index contributed by atoms with van der Waals surface area (Å²) in [5.74, 6) is 1.66. The van der Waals surface area contributed by atoms with E-state index in [-0.39, 0.29) is 12.0 Å². The Hall–Kier alpha value is -2.91. The molecule has 0 bridgehead atoms. The number of fused-ring (bicyclic) bond motifs is 1. The first-order valence-electron chi connectivity index (χ1n) is 9.92. The van der Waals surface area contributed by atoms with Crippen LogP contribution in [-0.4, -0.2) is 39.9 Å². The minimum absolute atomic E-state index is 0.106. The zero-order valence-corrected chi connectivity index (χ0v) is 17.1. The first kappa shape index (κ1) is 20.8. The molecular formula is C20H30N8O. The third-order valence-corrected chi connectivity index (χ3v) is 4.80. The van der Waals surface area contributed by atoms with E-state index < -0.39 is 0 Å². The topological polar surface area (TPSA) is 143 Å². The van der Waals surface area contributed by atoms with Crippen molar-refractivity contribution in [2.45, 2.75) is 38.8 Å². The van der Waals surface area contributed by atoms with Crippen molar-refractivity contribution in [2.24, 2.45) is 11.5 Å². The number of benzene rings is 1. The number of methoxy groups -OCH3 is 1. The lowest BCUT2D eigenvalue weighted by molar-refractivity contribution is 0.406. The van der Waals surface area contributed by atoms with Crippen LogP contribution in [0.1, 0.15) is 43.4 Å². The van der Waals surface area contributed by atoms with E-state index in [0.29, 0.717) is 29.9 Å². The van der Waals surface area contributed by atoms with Gasteiger partial charge < -0.3 is 27.3 Å². The quantitative estimate of drug-likeness (QED) is 0.380. The second kappa shape index (κ2) is 9.53. The van der Waals surface area contributed by atoms with Gasteiger partial charge in [0, 0.05) is 18.2 Å². The first-order chi connectivity index (χ1) is 14.0. The summed E-state index contributed by atoms with van der Waals surface area (Å²) in [5.41, 5.74) is 21.1. The van der Waals surface area contributed by atoms with Gasteiger partial charge in [-0.05, 0) is 31.0 Å². The van der Waals surface area contributed by atoms with E-state index >= 15 is 0 Å². The Morgan fingerprint density at radius 2 is 2.10 bits per heavy atom. The second-order valence-electron chi connectivity index (χ2n) is 7.03. The predicted octanol–water partition coefficient (Wildman–Crippen LogP) is 2.03. The summed E-state index contributed by atoms with van der Waals surface area (Å²) in [7, 11) is 1.65. The number of unbranched alkanes of at least 4 members (excludes halogenated alkanes) is 1. The van der Waals surface area contributed by atoms with Gasteiger partial charge in [0.05, 0.1) is 19.9 Å². The molecule has 3 aromatic rings. The third kappa shape index (κ3) is 4.93. The number of rotatable bonds is 10. The minimum Gasteiger partial charge on any atom is -0.496 e. The number of ether oxygens (including phenoxy) is 1. The first-order valence-corrected chi connectivity index (χ1v) is 9.92. The van der Waals surface area contributed by atoms with Gasteiger partial charge in [0.25, 0.3) is 0 Å². The molecule has 0 spiro atoms. The van der Waals surface area contributed by atoms with Crippen LogP contribution in [0.3, 0.4) is 0 Å². The smallest absolute Gasteiger partial charge is 0.222 e. The SMILES string of the molecule is CCCCNc1nc(N)nc2cn(Cc3ccc([C@H](N)CCN)cc3OC)nc12. The van der Waals surface area contributed by atoms with E-state index in [2.05, 4.69) is 27.3 Å². The van der Waals surface area contributed by atoms with Gasteiger partial charge in [-0.3, -0.25) is 4.68 Å². The average Bonchev–Trinajstić information content (AvgIpc) is 3.10. The maximum Gasteiger partial charge on any atom is 0.222 e. The van der Waals surface area contributed by atoms with Gasteiger partial charge in [0.2, 0.25) is 5.95 Å². The molecule has 29 heavy (non-hydrogen) atoms. The Kier molecular flexibility index (Phi) is 6.84. The molecule has 1 atom stereocenters. The minimum atomic E-state index is -0.106. The van der Waals surface area contributed by atoms with Gasteiger partial charge in [-0.25, -0.2) is 4.98 Å². The van der Waals surface area contributed by atoms with Crippen LogP contribution in [0.2, 0.25) is 0 Å². The van der Waals surface area contributed by atoms with E-state index in [0.717, 1.165) is 42.7 Å². The number of hydrogen-bond acceptors (Lipinski definition) is 8. The molecule has 3 rings (SSSR count). The lowest BCUT2D eigenvalue weighted by Gasteiger charge is -2.15. The number of nitrogens with two attached hydrogens (primary N) is 3. The van der Waals surface area contributed by atoms with E-state index in [1.807, 2.05) is 29.1 Å². The van der Waals surface area contributed by atoms with Gasteiger partial charge in [0.15, 0.2) is 11.3 Å². The maximum atomic E-state index is 6.18. The number of nitrogens with one attached hydrogen (secondary N) is 1. The summed E-state index contributed by atoms with van der Waals surface area (Å²) in [6.45, 7) is 4.03. The van der Waals surface area contributed by atoms with Crippen molar-refractivity contribution in [2.75, 3.05) is 31.2 Å². The zero-order chi connectivity index (χ0) is 20.8. The summed E-state index contributed by atoms with van der Waals surface area (Å²) in [4.78, 5) is 8.62. The highest BCUT2D eigenvalue weighted by molar-refractivity contribution is 5.85. The Labute approximate surface area is 170 Å². The molecule has 0 saturated carbocycles. The molecule has 0 saturated heterocycles. The summed E-state index contributed by atoms with van der Waals surface area (Å²) in [6, 6.07) is 5.88. The monoisotopic (exact) mass is 398 g/mol. The van der Waals surface area contributed by atoms with Crippen LogP contribution in [0.15, 0.2) is 24.4 Å². The van der Waals surface area contributed by atoms with Crippen LogP contribution >= 0.6 is 0 Å². The fourth-order valence-electron chi connectivity index (χ4n) is 3.21. The van der Waals surface area contributed by atoms with Crippen LogP contribution in [0.25, 0.3) is 11.0 Å². The van der Waals surface area contributed by atoms with E-state index in [1.165, 1.54) is 0 Å². The van der Waals surface area contributed by atoms with Gasteiger partial charge >= 0.3 is 0 Å². The summed E-state index contributed by atoms with van der Waals surface area (Å²) < 4.78 is 7.40. The molecule has 0 radical (unpaired) electrons. The molecule has 9 heteroatoms. The molecule has 0 aliphatic carbocycles. The lowest BCUT2D eigenvalue weighted by Crippen LogP contribution is -2.15. The van der Waals surface area contributed by atoms with Crippen LogP contribution in [0, 0.1) is 0 Å². The molecular weight excluding hydrogens is 368 g/mol. The van der Waals surface area contributed by atoms with E-state index in [1.54, 1.807) is 7.11 Å². The van der Waals surface area contributed by atoms with Gasteiger partial charge in [0.1, 0.15) is 11.3 Å². The largest absolute Gasteiger partial charge is 0.496 e. The van der Waals surface area contributed by atoms with E-state index in [4.69, 9.17) is 21.9 Å². The summed E-state index contributed by atoms with van der Waals surface area (Å²) >= 11 is 0. The van der Waals surface area contributed by atoms with E-state index in [9.17, 15) is 0 Å². The number of nitrogen functional groups attached to an aromatic ring is 1. The number of anilines is 2. The second-order valence-corrected chi connectivity index (χ2v) is 7.03.